The Morgan fingerprint density at radius 2 is 1.85 bits per heavy atom. The minimum absolute atomic E-state index is 0.309. The molecule has 1 aromatic carbocycles. The predicted octanol–water partition coefficient (Wildman–Crippen LogP) is 4.46. The molecule has 0 saturated carbocycles. The zero-order valence-corrected chi connectivity index (χ0v) is 13.2. The summed E-state index contributed by atoms with van der Waals surface area (Å²) in [5, 5.41) is 9.99. The second kappa shape index (κ2) is 7.12. The van der Waals surface area contributed by atoms with Gasteiger partial charge in [-0.05, 0) is 42.9 Å². The topological polar surface area (TPSA) is 23.5 Å². The molecule has 0 bridgehead atoms. The summed E-state index contributed by atoms with van der Waals surface area (Å²) in [6.45, 7) is 7.73. The summed E-state index contributed by atoms with van der Waals surface area (Å²) in [6.07, 6.45) is 6.68. The molecule has 1 N–H and O–H groups in total. The lowest BCUT2D eigenvalue weighted by atomic mass is 10.0. The molecule has 2 rings (SSSR count). The molecule has 20 heavy (non-hydrogen) atoms. The monoisotopic (exact) mass is 275 g/mol. The first-order chi connectivity index (χ1) is 9.71. The quantitative estimate of drug-likeness (QED) is 0.794. The van der Waals surface area contributed by atoms with Crippen molar-refractivity contribution in [1.29, 1.82) is 0 Å². The maximum absolute atomic E-state index is 9.99. The second-order valence-electron chi connectivity index (χ2n) is 5.99. The predicted molar refractivity (Wildman–Crippen MR) is 86.3 cm³/mol. The fraction of sp³-hybridized carbons (Fsp3) is 0.667. The lowest BCUT2D eigenvalue weighted by molar-refractivity contribution is 0.173. The molecule has 0 fully saturated rings. The number of aliphatic hydroxyl groups excluding tert-OH is 1. The molecule has 1 aromatic rings. The molecule has 0 aliphatic carbocycles. The molecule has 2 nitrogen and oxygen atoms in total. The van der Waals surface area contributed by atoms with Crippen molar-refractivity contribution >= 4 is 5.69 Å². The van der Waals surface area contributed by atoms with Crippen LogP contribution in [0.3, 0.4) is 0 Å². The van der Waals surface area contributed by atoms with E-state index in [9.17, 15) is 5.11 Å². The highest BCUT2D eigenvalue weighted by molar-refractivity contribution is 5.60. The van der Waals surface area contributed by atoms with Crippen LogP contribution in [0.2, 0.25) is 0 Å². The van der Waals surface area contributed by atoms with Crippen molar-refractivity contribution in [2.24, 2.45) is 0 Å². The molecule has 1 atom stereocenters. The maximum Gasteiger partial charge on any atom is 0.0787 e. The van der Waals surface area contributed by atoms with Crippen LogP contribution >= 0.6 is 0 Å². The van der Waals surface area contributed by atoms with E-state index in [2.05, 4.69) is 36.9 Å². The average molecular weight is 275 g/mol. The van der Waals surface area contributed by atoms with Crippen LogP contribution in [0, 0.1) is 0 Å². The number of hydrogen-bond acceptors (Lipinski definition) is 2. The van der Waals surface area contributed by atoms with Gasteiger partial charge in [0.2, 0.25) is 0 Å². The van der Waals surface area contributed by atoms with E-state index in [1.807, 2.05) is 6.92 Å². The zero-order valence-electron chi connectivity index (χ0n) is 13.2. The Kier molecular flexibility index (Phi) is 5.47. The fourth-order valence-corrected chi connectivity index (χ4v) is 3.39. The van der Waals surface area contributed by atoms with Gasteiger partial charge >= 0.3 is 0 Å². The Morgan fingerprint density at radius 1 is 1.15 bits per heavy atom. The van der Waals surface area contributed by atoms with E-state index in [0.717, 1.165) is 24.9 Å². The molecule has 1 heterocycles. The van der Waals surface area contributed by atoms with Crippen molar-refractivity contribution < 1.29 is 5.11 Å². The lowest BCUT2D eigenvalue weighted by Gasteiger charge is -2.30. The van der Waals surface area contributed by atoms with Gasteiger partial charge in [0.05, 0.1) is 6.10 Å². The van der Waals surface area contributed by atoms with E-state index in [1.54, 1.807) is 0 Å². The molecule has 112 valence electrons. The standard InChI is InChI=1S/C18H29NO/c1-4-7-16(8-5-2)19-12-11-14-13-15(18(20)6-3)9-10-17(14)19/h9-10,13,16,18,20H,4-8,11-12H2,1-3H3. The summed E-state index contributed by atoms with van der Waals surface area (Å²) in [7, 11) is 0. The summed E-state index contributed by atoms with van der Waals surface area (Å²) in [5.41, 5.74) is 3.91. The van der Waals surface area contributed by atoms with Gasteiger partial charge in [-0.1, -0.05) is 45.7 Å². The highest BCUT2D eigenvalue weighted by Crippen LogP contribution is 2.34. The van der Waals surface area contributed by atoms with E-state index >= 15 is 0 Å². The van der Waals surface area contributed by atoms with Crippen molar-refractivity contribution in [2.75, 3.05) is 11.4 Å². The van der Waals surface area contributed by atoms with Crippen molar-refractivity contribution in [3.8, 4) is 0 Å². The summed E-state index contributed by atoms with van der Waals surface area (Å²) >= 11 is 0. The molecule has 1 aliphatic heterocycles. The second-order valence-corrected chi connectivity index (χ2v) is 5.99. The molecule has 0 spiro atoms. The first-order valence-corrected chi connectivity index (χ1v) is 8.28. The van der Waals surface area contributed by atoms with Gasteiger partial charge in [0, 0.05) is 18.3 Å². The van der Waals surface area contributed by atoms with Gasteiger partial charge in [-0.25, -0.2) is 0 Å². The van der Waals surface area contributed by atoms with Crippen molar-refractivity contribution in [2.45, 2.75) is 71.4 Å². The van der Waals surface area contributed by atoms with Crippen LogP contribution < -0.4 is 4.90 Å². The molecule has 0 amide bonds. The molecule has 1 unspecified atom stereocenters. The van der Waals surface area contributed by atoms with E-state index in [1.165, 1.54) is 36.9 Å². The van der Waals surface area contributed by atoms with Gasteiger partial charge in [-0.3, -0.25) is 0 Å². The highest BCUT2D eigenvalue weighted by atomic mass is 16.3. The van der Waals surface area contributed by atoms with Crippen molar-refractivity contribution in [3.63, 3.8) is 0 Å². The Hall–Kier alpha value is -1.02. The van der Waals surface area contributed by atoms with Crippen molar-refractivity contribution in [3.05, 3.63) is 29.3 Å². The zero-order chi connectivity index (χ0) is 14.5. The van der Waals surface area contributed by atoms with Crippen LogP contribution in [0.15, 0.2) is 18.2 Å². The van der Waals surface area contributed by atoms with E-state index in [4.69, 9.17) is 0 Å². The molecular formula is C18H29NO. The van der Waals surface area contributed by atoms with Crippen molar-refractivity contribution in [1.82, 2.24) is 0 Å². The number of anilines is 1. The molecular weight excluding hydrogens is 246 g/mol. The Labute approximate surface area is 123 Å². The van der Waals surface area contributed by atoms with Crippen LogP contribution in [-0.4, -0.2) is 17.7 Å². The molecule has 1 aliphatic rings. The number of hydrogen-bond donors (Lipinski definition) is 1. The summed E-state index contributed by atoms with van der Waals surface area (Å²) in [4.78, 5) is 2.60. The number of benzene rings is 1. The summed E-state index contributed by atoms with van der Waals surface area (Å²) in [6, 6.07) is 7.25. The molecule has 0 aromatic heterocycles. The van der Waals surface area contributed by atoms with Crippen LogP contribution in [-0.2, 0) is 6.42 Å². The third-order valence-electron chi connectivity index (χ3n) is 4.49. The van der Waals surface area contributed by atoms with Crippen LogP contribution in [0.25, 0.3) is 0 Å². The summed E-state index contributed by atoms with van der Waals surface area (Å²) in [5.74, 6) is 0. The first-order valence-electron chi connectivity index (χ1n) is 8.28. The van der Waals surface area contributed by atoms with Gasteiger partial charge < -0.3 is 10.0 Å². The van der Waals surface area contributed by atoms with Crippen LogP contribution in [0.5, 0.6) is 0 Å². The third kappa shape index (κ3) is 3.17. The largest absolute Gasteiger partial charge is 0.388 e. The Balaban J connectivity index is 2.19. The van der Waals surface area contributed by atoms with Crippen LogP contribution in [0.4, 0.5) is 5.69 Å². The normalized spacial score (nSPS) is 15.8. The lowest BCUT2D eigenvalue weighted by Crippen LogP contribution is -2.33. The Bertz CT molecular complexity index is 423. The van der Waals surface area contributed by atoms with E-state index in [-0.39, 0.29) is 6.10 Å². The maximum atomic E-state index is 9.99. The van der Waals surface area contributed by atoms with Gasteiger partial charge in [0.25, 0.3) is 0 Å². The van der Waals surface area contributed by atoms with Gasteiger partial charge in [0.15, 0.2) is 0 Å². The van der Waals surface area contributed by atoms with E-state index < -0.39 is 0 Å². The number of fused-ring (bicyclic) bond motifs is 1. The molecule has 2 heteroatoms. The van der Waals surface area contributed by atoms with Gasteiger partial charge in [0.1, 0.15) is 0 Å². The van der Waals surface area contributed by atoms with Crippen LogP contribution in [0.1, 0.15) is 70.1 Å². The highest BCUT2D eigenvalue weighted by Gasteiger charge is 2.25. The number of rotatable bonds is 7. The smallest absolute Gasteiger partial charge is 0.0787 e. The SMILES string of the molecule is CCCC(CCC)N1CCc2cc(C(O)CC)ccc21. The third-order valence-corrected chi connectivity index (χ3v) is 4.49. The molecule has 0 saturated heterocycles. The number of aliphatic hydroxyl groups is 1. The van der Waals surface area contributed by atoms with Gasteiger partial charge in [-0.15, -0.1) is 0 Å². The van der Waals surface area contributed by atoms with E-state index in [0.29, 0.717) is 6.04 Å². The fourth-order valence-electron chi connectivity index (χ4n) is 3.39. The first kappa shape index (κ1) is 15.4. The number of nitrogens with zero attached hydrogens (tertiary/aromatic N) is 1. The van der Waals surface area contributed by atoms with Gasteiger partial charge in [-0.2, -0.15) is 0 Å². The average Bonchev–Trinajstić information content (AvgIpc) is 2.89. The minimum atomic E-state index is -0.309. The summed E-state index contributed by atoms with van der Waals surface area (Å²) < 4.78 is 0. The molecule has 0 radical (unpaired) electrons. The Morgan fingerprint density at radius 3 is 2.45 bits per heavy atom. The minimum Gasteiger partial charge on any atom is -0.388 e.